The first-order chi connectivity index (χ1) is 11.4. The van der Waals surface area contributed by atoms with Crippen LogP contribution in [0.4, 0.5) is 0 Å². The van der Waals surface area contributed by atoms with E-state index in [0.29, 0.717) is 5.89 Å². The number of hydrogen-bond donors (Lipinski definition) is 0. The lowest BCUT2D eigenvalue weighted by Gasteiger charge is -2.04. The monoisotopic (exact) mass is 343 g/mol. The number of sulfone groups is 1. The predicted octanol–water partition coefficient (Wildman–Crippen LogP) is 3.21. The highest BCUT2D eigenvalue weighted by molar-refractivity contribution is 7.91. The number of pyridine rings is 1. The van der Waals surface area contributed by atoms with Crippen LogP contribution in [0.5, 0.6) is 0 Å². The van der Waals surface area contributed by atoms with Crippen LogP contribution >= 0.6 is 0 Å². The van der Waals surface area contributed by atoms with Crippen LogP contribution in [-0.2, 0) is 9.84 Å². The fourth-order valence-corrected chi connectivity index (χ4v) is 3.54. The van der Waals surface area contributed by atoms with Crippen molar-refractivity contribution < 1.29 is 12.9 Å². The summed E-state index contributed by atoms with van der Waals surface area (Å²) in [4.78, 5) is 8.59. The van der Waals surface area contributed by atoms with Crippen LogP contribution in [0.25, 0.3) is 23.0 Å². The first-order valence-electron chi connectivity index (χ1n) is 7.51. The molecule has 124 valence electrons. The zero-order valence-corrected chi connectivity index (χ0v) is 14.5. The van der Waals surface area contributed by atoms with Crippen LogP contribution in [0.2, 0.25) is 0 Å². The smallest absolute Gasteiger partial charge is 0.258 e. The summed E-state index contributed by atoms with van der Waals surface area (Å²) in [5, 5.41) is 3.92. The van der Waals surface area contributed by atoms with Gasteiger partial charge in [-0.25, -0.2) is 8.42 Å². The molecule has 1 aromatic carbocycles. The third-order valence-corrected chi connectivity index (χ3v) is 5.35. The van der Waals surface area contributed by atoms with E-state index in [1.54, 1.807) is 13.0 Å². The molecular formula is C17H17N3O3S. The number of benzene rings is 1. The van der Waals surface area contributed by atoms with Gasteiger partial charge in [-0.15, -0.1) is 0 Å². The molecule has 0 fully saturated rings. The standard InChI is InChI=1S/C17H17N3O3S/c1-4-24(21,22)14-6-5-7-18-15(14)16-19-17(23-20-16)13-9-11(2)8-12(3)10-13/h5-10H,4H2,1-3H3. The summed E-state index contributed by atoms with van der Waals surface area (Å²) in [6.07, 6.45) is 1.51. The maximum Gasteiger partial charge on any atom is 0.258 e. The fourth-order valence-electron chi connectivity index (χ4n) is 2.50. The van der Waals surface area contributed by atoms with Gasteiger partial charge in [0.25, 0.3) is 5.89 Å². The van der Waals surface area contributed by atoms with E-state index in [1.165, 1.54) is 12.3 Å². The molecule has 6 nitrogen and oxygen atoms in total. The van der Waals surface area contributed by atoms with Crippen LogP contribution < -0.4 is 0 Å². The minimum atomic E-state index is -3.43. The molecule has 2 aromatic heterocycles. The Morgan fingerprint density at radius 2 is 1.83 bits per heavy atom. The minimum Gasteiger partial charge on any atom is -0.334 e. The third kappa shape index (κ3) is 3.07. The van der Waals surface area contributed by atoms with Crippen LogP contribution in [0.15, 0.2) is 45.9 Å². The molecule has 0 spiro atoms. The van der Waals surface area contributed by atoms with E-state index in [9.17, 15) is 8.42 Å². The second kappa shape index (κ2) is 6.16. The highest BCUT2D eigenvalue weighted by Crippen LogP contribution is 2.27. The van der Waals surface area contributed by atoms with E-state index in [4.69, 9.17) is 4.52 Å². The van der Waals surface area contributed by atoms with Crippen LogP contribution in [0, 0.1) is 13.8 Å². The zero-order valence-electron chi connectivity index (χ0n) is 13.6. The van der Waals surface area contributed by atoms with Gasteiger partial charge in [0.1, 0.15) is 5.69 Å². The largest absolute Gasteiger partial charge is 0.334 e. The molecule has 24 heavy (non-hydrogen) atoms. The molecule has 0 bridgehead atoms. The van der Waals surface area contributed by atoms with Crippen molar-refractivity contribution in [1.82, 2.24) is 15.1 Å². The molecule has 0 amide bonds. The van der Waals surface area contributed by atoms with Gasteiger partial charge in [0.15, 0.2) is 9.84 Å². The SMILES string of the molecule is CCS(=O)(=O)c1cccnc1-c1noc(-c2cc(C)cc(C)c2)n1. The van der Waals surface area contributed by atoms with Crippen molar-refractivity contribution in [1.29, 1.82) is 0 Å². The van der Waals surface area contributed by atoms with Crippen LogP contribution in [0.3, 0.4) is 0 Å². The topological polar surface area (TPSA) is 86.0 Å². The Morgan fingerprint density at radius 1 is 1.12 bits per heavy atom. The van der Waals surface area contributed by atoms with Gasteiger partial charge in [0, 0.05) is 11.8 Å². The molecular weight excluding hydrogens is 326 g/mol. The van der Waals surface area contributed by atoms with Crippen molar-refractivity contribution in [2.75, 3.05) is 5.75 Å². The molecule has 0 atom stereocenters. The van der Waals surface area contributed by atoms with E-state index >= 15 is 0 Å². The van der Waals surface area contributed by atoms with E-state index in [-0.39, 0.29) is 22.2 Å². The molecule has 7 heteroatoms. The first-order valence-corrected chi connectivity index (χ1v) is 9.16. The summed E-state index contributed by atoms with van der Waals surface area (Å²) >= 11 is 0. The second-order valence-electron chi connectivity index (χ2n) is 5.55. The predicted molar refractivity (Wildman–Crippen MR) is 90.2 cm³/mol. The number of aromatic nitrogens is 3. The summed E-state index contributed by atoms with van der Waals surface area (Å²) in [5.74, 6) is 0.479. The van der Waals surface area contributed by atoms with Gasteiger partial charge in [-0.2, -0.15) is 4.98 Å². The zero-order chi connectivity index (χ0) is 17.3. The lowest BCUT2D eigenvalue weighted by molar-refractivity contribution is 0.432. The van der Waals surface area contributed by atoms with Crippen LogP contribution in [-0.4, -0.2) is 29.3 Å². The van der Waals surface area contributed by atoms with E-state index in [1.807, 2.05) is 32.0 Å². The molecule has 0 N–H and O–H groups in total. The van der Waals surface area contributed by atoms with E-state index < -0.39 is 9.84 Å². The molecule has 0 aliphatic carbocycles. The highest BCUT2D eigenvalue weighted by Gasteiger charge is 2.22. The third-order valence-electron chi connectivity index (χ3n) is 3.59. The second-order valence-corrected chi connectivity index (χ2v) is 7.80. The first kappa shape index (κ1) is 16.3. The van der Waals surface area contributed by atoms with Gasteiger partial charge >= 0.3 is 0 Å². The highest BCUT2D eigenvalue weighted by atomic mass is 32.2. The van der Waals surface area contributed by atoms with Crippen molar-refractivity contribution in [3.63, 3.8) is 0 Å². The van der Waals surface area contributed by atoms with Gasteiger partial charge in [-0.05, 0) is 38.1 Å². The van der Waals surface area contributed by atoms with Gasteiger partial charge in [0.2, 0.25) is 5.82 Å². The summed E-state index contributed by atoms with van der Waals surface area (Å²) in [5.41, 5.74) is 3.16. The Labute approximate surface area is 140 Å². The fraction of sp³-hybridized carbons (Fsp3) is 0.235. The lowest BCUT2D eigenvalue weighted by Crippen LogP contribution is -2.07. The molecule has 0 aliphatic heterocycles. The number of nitrogens with zero attached hydrogens (tertiary/aromatic N) is 3. The summed E-state index contributed by atoms with van der Waals surface area (Å²) in [6, 6.07) is 9.01. The molecule has 3 rings (SSSR count). The Balaban J connectivity index is 2.10. The van der Waals surface area contributed by atoms with Gasteiger partial charge in [0.05, 0.1) is 10.6 Å². The normalized spacial score (nSPS) is 11.6. The Hall–Kier alpha value is -2.54. The van der Waals surface area contributed by atoms with Crippen molar-refractivity contribution in [3.8, 4) is 23.0 Å². The van der Waals surface area contributed by atoms with Crippen molar-refractivity contribution in [3.05, 3.63) is 47.7 Å². The van der Waals surface area contributed by atoms with Crippen LogP contribution in [0.1, 0.15) is 18.1 Å². The molecule has 0 unspecified atom stereocenters. The molecule has 0 radical (unpaired) electrons. The molecule has 2 heterocycles. The number of hydrogen-bond acceptors (Lipinski definition) is 6. The van der Waals surface area contributed by atoms with Gasteiger partial charge < -0.3 is 4.52 Å². The Bertz CT molecular complexity index is 974. The van der Waals surface area contributed by atoms with Crippen molar-refractivity contribution in [2.24, 2.45) is 0 Å². The average molecular weight is 343 g/mol. The molecule has 0 saturated heterocycles. The average Bonchev–Trinajstić information content (AvgIpc) is 3.04. The van der Waals surface area contributed by atoms with Gasteiger partial charge in [-0.3, -0.25) is 4.98 Å². The number of aryl methyl sites for hydroxylation is 2. The van der Waals surface area contributed by atoms with Crippen molar-refractivity contribution >= 4 is 9.84 Å². The summed E-state index contributed by atoms with van der Waals surface area (Å²) < 4.78 is 29.8. The molecule has 3 aromatic rings. The van der Waals surface area contributed by atoms with Gasteiger partial charge in [-0.1, -0.05) is 29.3 Å². The maximum absolute atomic E-state index is 12.2. The quantitative estimate of drug-likeness (QED) is 0.723. The summed E-state index contributed by atoms with van der Waals surface area (Å²) in [7, 11) is -3.43. The molecule has 0 aliphatic rings. The summed E-state index contributed by atoms with van der Waals surface area (Å²) in [6.45, 7) is 5.56. The van der Waals surface area contributed by atoms with E-state index in [0.717, 1.165) is 16.7 Å². The maximum atomic E-state index is 12.2. The van der Waals surface area contributed by atoms with E-state index in [2.05, 4.69) is 15.1 Å². The van der Waals surface area contributed by atoms with Crippen molar-refractivity contribution in [2.45, 2.75) is 25.7 Å². The Kier molecular flexibility index (Phi) is 4.19. The number of rotatable bonds is 4. The lowest BCUT2D eigenvalue weighted by atomic mass is 10.1. The minimum absolute atomic E-state index is 0.0204. The molecule has 0 saturated carbocycles. The Morgan fingerprint density at radius 3 is 2.50 bits per heavy atom.